The first-order valence-corrected chi connectivity index (χ1v) is 7.43. The molecular formula is C16H19N3OS. The van der Waals surface area contributed by atoms with Gasteiger partial charge in [0.25, 0.3) is 0 Å². The zero-order chi connectivity index (χ0) is 14.7. The van der Waals surface area contributed by atoms with Crippen LogP contribution in [0.25, 0.3) is 0 Å². The molecule has 0 radical (unpaired) electrons. The van der Waals surface area contributed by atoms with Gasteiger partial charge in [-0.05, 0) is 29.8 Å². The van der Waals surface area contributed by atoms with E-state index in [0.29, 0.717) is 0 Å². The van der Waals surface area contributed by atoms with E-state index in [0.717, 1.165) is 24.7 Å². The average Bonchev–Trinajstić information content (AvgIpc) is 2.90. The highest BCUT2D eigenvalue weighted by molar-refractivity contribution is 7.80. The fourth-order valence-electron chi connectivity index (χ4n) is 2.43. The van der Waals surface area contributed by atoms with Crippen molar-refractivity contribution in [1.82, 2.24) is 10.3 Å². The molecule has 0 aliphatic carbocycles. The predicted octanol–water partition coefficient (Wildman–Crippen LogP) is 2.69. The lowest BCUT2D eigenvalue weighted by molar-refractivity contribution is 0.277. The van der Waals surface area contributed by atoms with Crippen molar-refractivity contribution in [3.05, 3.63) is 60.2 Å². The van der Waals surface area contributed by atoms with Crippen molar-refractivity contribution in [2.75, 3.05) is 18.8 Å². The summed E-state index contributed by atoms with van der Waals surface area (Å²) in [6, 6.07) is 18.5. The summed E-state index contributed by atoms with van der Waals surface area (Å²) in [5, 5.41) is 7.76. The molecule has 0 amide bonds. The number of methoxy groups -OCH3 is 1. The van der Waals surface area contributed by atoms with Crippen molar-refractivity contribution < 1.29 is 4.74 Å². The van der Waals surface area contributed by atoms with Crippen molar-refractivity contribution in [2.24, 2.45) is 0 Å². The summed E-state index contributed by atoms with van der Waals surface area (Å²) in [7, 11) is 1.68. The highest BCUT2D eigenvalue weighted by Crippen LogP contribution is 2.26. The van der Waals surface area contributed by atoms with Crippen LogP contribution in [-0.4, -0.2) is 24.3 Å². The molecule has 1 aliphatic rings. The number of ether oxygens (including phenoxy) is 1. The quantitative estimate of drug-likeness (QED) is 0.849. The first-order chi connectivity index (χ1) is 10.3. The monoisotopic (exact) mass is 301 g/mol. The number of nitrogens with zero attached hydrogens (tertiary/aromatic N) is 2. The Bertz CT molecular complexity index is 576. The summed E-state index contributed by atoms with van der Waals surface area (Å²) < 4.78 is 5.21. The van der Waals surface area contributed by atoms with Crippen LogP contribution in [0.15, 0.2) is 54.6 Å². The van der Waals surface area contributed by atoms with E-state index >= 15 is 0 Å². The number of hydrazine groups is 1. The second-order valence-corrected chi connectivity index (χ2v) is 5.41. The Hall–Kier alpha value is -1.69. The van der Waals surface area contributed by atoms with Crippen LogP contribution >= 0.6 is 12.6 Å². The van der Waals surface area contributed by atoms with Gasteiger partial charge in [0.15, 0.2) is 0 Å². The van der Waals surface area contributed by atoms with Gasteiger partial charge >= 0.3 is 0 Å². The molecule has 3 rings (SSSR count). The molecule has 0 saturated carbocycles. The zero-order valence-corrected chi connectivity index (χ0v) is 12.8. The van der Waals surface area contributed by atoms with E-state index in [-0.39, 0.29) is 5.50 Å². The molecule has 1 aliphatic heterocycles. The van der Waals surface area contributed by atoms with Crippen LogP contribution in [-0.2, 0) is 6.54 Å². The van der Waals surface area contributed by atoms with E-state index in [2.05, 4.69) is 64.4 Å². The Morgan fingerprint density at radius 3 is 2.52 bits per heavy atom. The molecule has 110 valence electrons. The second kappa shape index (κ2) is 6.39. The Labute approximate surface area is 130 Å². The van der Waals surface area contributed by atoms with Crippen molar-refractivity contribution in [3.8, 4) is 5.75 Å². The van der Waals surface area contributed by atoms with Gasteiger partial charge in [-0.3, -0.25) is 10.3 Å². The largest absolute Gasteiger partial charge is 0.497 e. The SMILES string of the molecule is COc1ccc(N2CNC(S)N2Cc2ccccc2)cc1. The van der Waals surface area contributed by atoms with Gasteiger partial charge in [0.05, 0.1) is 19.5 Å². The molecule has 1 fully saturated rings. The van der Waals surface area contributed by atoms with E-state index in [9.17, 15) is 0 Å². The molecule has 2 aromatic rings. The number of anilines is 1. The number of hydrogen-bond acceptors (Lipinski definition) is 5. The normalized spacial score (nSPS) is 19.0. The summed E-state index contributed by atoms with van der Waals surface area (Å²) in [6.07, 6.45) is 0. The average molecular weight is 301 g/mol. The molecule has 1 atom stereocenters. The van der Waals surface area contributed by atoms with Crippen LogP contribution in [0.1, 0.15) is 5.56 Å². The van der Waals surface area contributed by atoms with Crippen molar-refractivity contribution >= 4 is 18.3 Å². The Morgan fingerprint density at radius 1 is 1.14 bits per heavy atom. The summed E-state index contributed by atoms with van der Waals surface area (Å²) >= 11 is 4.61. The topological polar surface area (TPSA) is 27.7 Å². The molecule has 0 spiro atoms. The summed E-state index contributed by atoms with van der Waals surface area (Å²) in [5.41, 5.74) is 2.39. The molecule has 5 heteroatoms. The number of benzene rings is 2. The third-order valence-electron chi connectivity index (χ3n) is 3.57. The molecule has 0 bridgehead atoms. The minimum absolute atomic E-state index is 0.00677. The Balaban J connectivity index is 1.79. The van der Waals surface area contributed by atoms with Gasteiger partial charge in [-0.25, -0.2) is 0 Å². The number of hydrogen-bond donors (Lipinski definition) is 2. The smallest absolute Gasteiger partial charge is 0.124 e. The van der Waals surface area contributed by atoms with E-state index in [1.165, 1.54) is 5.56 Å². The minimum Gasteiger partial charge on any atom is -0.497 e. The Morgan fingerprint density at radius 2 is 1.86 bits per heavy atom. The second-order valence-electron chi connectivity index (χ2n) is 4.92. The van der Waals surface area contributed by atoms with Crippen molar-refractivity contribution in [3.63, 3.8) is 0 Å². The summed E-state index contributed by atoms with van der Waals surface area (Å²) in [6.45, 7) is 1.56. The molecule has 21 heavy (non-hydrogen) atoms. The highest BCUT2D eigenvalue weighted by atomic mass is 32.1. The third-order valence-corrected chi connectivity index (χ3v) is 4.02. The maximum absolute atomic E-state index is 5.21. The van der Waals surface area contributed by atoms with Crippen LogP contribution in [0.5, 0.6) is 5.75 Å². The first kappa shape index (κ1) is 14.3. The van der Waals surface area contributed by atoms with Crippen molar-refractivity contribution in [2.45, 2.75) is 12.0 Å². The molecule has 1 unspecified atom stereocenters. The van der Waals surface area contributed by atoms with Gasteiger partial charge in [0.2, 0.25) is 0 Å². The third kappa shape index (κ3) is 3.15. The summed E-state index contributed by atoms with van der Waals surface area (Å²) in [4.78, 5) is 0. The van der Waals surface area contributed by atoms with E-state index in [1.54, 1.807) is 7.11 Å². The molecule has 1 heterocycles. The Kier molecular flexibility index (Phi) is 4.34. The lowest BCUT2D eigenvalue weighted by atomic mass is 10.2. The van der Waals surface area contributed by atoms with Gasteiger partial charge in [-0.1, -0.05) is 30.3 Å². The van der Waals surface area contributed by atoms with E-state index in [4.69, 9.17) is 4.74 Å². The van der Waals surface area contributed by atoms with E-state index in [1.807, 2.05) is 18.2 Å². The van der Waals surface area contributed by atoms with Crippen LogP contribution in [0.4, 0.5) is 5.69 Å². The fourth-order valence-corrected chi connectivity index (χ4v) is 2.72. The van der Waals surface area contributed by atoms with Gasteiger partial charge in [-0.15, -0.1) is 12.6 Å². The maximum Gasteiger partial charge on any atom is 0.124 e. The van der Waals surface area contributed by atoms with Crippen LogP contribution in [0, 0.1) is 0 Å². The molecule has 4 nitrogen and oxygen atoms in total. The minimum atomic E-state index is 0.00677. The zero-order valence-electron chi connectivity index (χ0n) is 11.9. The van der Waals surface area contributed by atoms with Gasteiger partial charge in [0, 0.05) is 6.54 Å². The van der Waals surface area contributed by atoms with Crippen LogP contribution in [0.2, 0.25) is 0 Å². The highest BCUT2D eigenvalue weighted by Gasteiger charge is 2.28. The molecular weight excluding hydrogens is 282 g/mol. The maximum atomic E-state index is 5.21. The number of nitrogens with one attached hydrogen (secondary N) is 1. The fraction of sp³-hybridized carbons (Fsp3) is 0.250. The standard InChI is InChI=1S/C16H19N3OS/c1-20-15-9-7-14(8-10-15)19-12-17-16(21)18(19)11-13-5-3-2-4-6-13/h2-10,16-17,21H,11-12H2,1H3. The van der Waals surface area contributed by atoms with Gasteiger partial charge in [-0.2, -0.15) is 5.01 Å². The van der Waals surface area contributed by atoms with E-state index < -0.39 is 0 Å². The predicted molar refractivity (Wildman–Crippen MR) is 88.2 cm³/mol. The number of rotatable bonds is 4. The molecule has 0 aromatic heterocycles. The first-order valence-electron chi connectivity index (χ1n) is 6.91. The molecule has 2 aromatic carbocycles. The van der Waals surface area contributed by atoms with Gasteiger partial charge < -0.3 is 4.74 Å². The van der Waals surface area contributed by atoms with Gasteiger partial charge in [0.1, 0.15) is 11.2 Å². The molecule has 1 saturated heterocycles. The van der Waals surface area contributed by atoms with Crippen molar-refractivity contribution in [1.29, 1.82) is 0 Å². The number of thiol groups is 1. The van der Waals surface area contributed by atoms with Crippen LogP contribution in [0.3, 0.4) is 0 Å². The van der Waals surface area contributed by atoms with Crippen LogP contribution < -0.4 is 15.1 Å². The lowest BCUT2D eigenvalue weighted by Gasteiger charge is -2.30. The molecule has 1 N–H and O–H groups in total. The lowest BCUT2D eigenvalue weighted by Crippen LogP contribution is -2.39. The summed E-state index contributed by atoms with van der Waals surface area (Å²) in [5.74, 6) is 0.864.